The van der Waals surface area contributed by atoms with Crippen molar-refractivity contribution in [3.8, 4) is 0 Å². The van der Waals surface area contributed by atoms with Crippen molar-refractivity contribution in [1.29, 1.82) is 0 Å². The number of aromatic nitrogens is 1. The number of carbonyl (C=O) groups is 1. The minimum atomic E-state index is -0.626. The molecule has 0 radical (unpaired) electrons. The van der Waals surface area contributed by atoms with Crippen molar-refractivity contribution in [3.63, 3.8) is 0 Å². The zero-order valence-electron chi connectivity index (χ0n) is 12.1. The quantitative estimate of drug-likeness (QED) is 0.790. The summed E-state index contributed by atoms with van der Waals surface area (Å²) in [5.74, 6) is 0.510. The van der Waals surface area contributed by atoms with Crippen LogP contribution in [0.2, 0.25) is 0 Å². The van der Waals surface area contributed by atoms with Crippen LogP contribution in [0, 0.1) is 0 Å². The van der Waals surface area contributed by atoms with Gasteiger partial charge in [-0.1, -0.05) is 6.58 Å². The van der Waals surface area contributed by atoms with Gasteiger partial charge in [-0.3, -0.25) is 4.79 Å². The summed E-state index contributed by atoms with van der Waals surface area (Å²) in [4.78, 5) is 17.5. The minimum absolute atomic E-state index is 0.184. The first kappa shape index (κ1) is 14.4. The fourth-order valence-corrected chi connectivity index (χ4v) is 1.80. The molecule has 2 rings (SSSR count). The van der Waals surface area contributed by atoms with Gasteiger partial charge in [-0.05, 0) is 19.9 Å². The Balaban J connectivity index is 2.34. The van der Waals surface area contributed by atoms with Crippen molar-refractivity contribution in [2.45, 2.75) is 19.4 Å². The summed E-state index contributed by atoms with van der Waals surface area (Å²) in [5, 5.41) is 0. The third kappa shape index (κ3) is 2.49. The van der Waals surface area contributed by atoms with Gasteiger partial charge in [0.05, 0.1) is 11.3 Å². The number of nitrogen functional groups attached to an aromatic ring is 1. The molecule has 1 aromatic heterocycles. The van der Waals surface area contributed by atoms with Crippen LogP contribution in [0.5, 0.6) is 0 Å². The SMILES string of the molecule is C=C1OB(c2cnc(N)c(C(=O)N(C)C)c2)OC1(C)C. The lowest BCUT2D eigenvalue weighted by molar-refractivity contribution is 0.0828. The Morgan fingerprint density at radius 3 is 2.65 bits per heavy atom. The van der Waals surface area contributed by atoms with Gasteiger partial charge in [0.2, 0.25) is 0 Å². The molecule has 0 aliphatic carbocycles. The van der Waals surface area contributed by atoms with Gasteiger partial charge in [0, 0.05) is 25.8 Å². The van der Waals surface area contributed by atoms with Gasteiger partial charge in [-0.2, -0.15) is 0 Å². The lowest BCUT2D eigenvalue weighted by atomic mass is 9.79. The zero-order chi connectivity index (χ0) is 15.1. The Bertz CT molecular complexity index is 572. The molecule has 0 spiro atoms. The molecule has 0 saturated carbocycles. The average molecular weight is 275 g/mol. The lowest BCUT2D eigenvalue weighted by Crippen LogP contribution is -2.36. The van der Waals surface area contributed by atoms with Crippen LogP contribution in [0.15, 0.2) is 24.6 Å². The van der Waals surface area contributed by atoms with E-state index >= 15 is 0 Å². The van der Waals surface area contributed by atoms with Gasteiger partial charge in [-0.25, -0.2) is 4.98 Å². The van der Waals surface area contributed by atoms with E-state index in [1.54, 1.807) is 26.4 Å². The molecule has 106 valence electrons. The van der Waals surface area contributed by atoms with E-state index in [0.717, 1.165) is 0 Å². The largest absolute Gasteiger partial charge is 0.564 e. The van der Waals surface area contributed by atoms with Gasteiger partial charge in [-0.15, -0.1) is 0 Å². The first-order valence-electron chi connectivity index (χ1n) is 6.23. The molecule has 0 aromatic carbocycles. The maximum Gasteiger partial charge on any atom is 0.564 e. The lowest BCUT2D eigenvalue weighted by Gasteiger charge is -2.16. The molecule has 20 heavy (non-hydrogen) atoms. The predicted octanol–water partition coefficient (Wildman–Crippen LogP) is 0.400. The molecule has 1 amide bonds. The summed E-state index contributed by atoms with van der Waals surface area (Å²) in [7, 11) is 2.68. The summed E-state index contributed by atoms with van der Waals surface area (Å²) in [6.45, 7) is 7.55. The summed E-state index contributed by atoms with van der Waals surface area (Å²) in [6.07, 6.45) is 1.54. The van der Waals surface area contributed by atoms with Crippen LogP contribution in [-0.2, 0) is 9.31 Å². The van der Waals surface area contributed by atoms with E-state index in [4.69, 9.17) is 15.0 Å². The van der Waals surface area contributed by atoms with Crippen LogP contribution in [0.3, 0.4) is 0 Å². The van der Waals surface area contributed by atoms with E-state index in [0.29, 0.717) is 16.8 Å². The molecular formula is C13H18BN3O3. The highest BCUT2D eigenvalue weighted by atomic mass is 16.7. The van der Waals surface area contributed by atoms with Crippen molar-refractivity contribution < 1.29 is 14.1 Å². The third-order valence-corrected chi connectivity index (χ3v) is 3.17. The smallest absolute Gasteiger partial charge is 0.534 e. The first-order valence-corrected chi connectivity index (χ1v) is 6.23. The number of pyridine rings is 1. The highest BCUT2D eigenvalue weighted by Gasteiger charge is 2.43. The van der Waals surface area contributed by atoms with Crippen LogP contribution < -0.4 is 11.2 Å². The number of hydrogen-bond acceptors (Lipinski definition) is 5. The van der Waals surface area contributed by atoms with Crippen molar-refractivity contribution in [3.05, 3.63) is 30.2 Å². The molecule has 1 aliphatic rings. The minimum Gasteiger partial charge on any atom is -0.534 e. The third-order valence-electron chi connectivity index (χ3n) is 3.17. The standard InChI is InChI=1S/C13H18BN3O3/c1-8-13(2,3)20-14(19-8)9-6-10(11(15)16-7-9)12(18)17(4)5/h6-7H,1H2,2-5H3,(H2,15,16). The number of rotatable bonds is 2. The monoisotopic (exact) mass is 275 g/mol. The maximum absolute atomic E-state index is 12.0. The van der Waals surface area contributed by atoms with Crippen LogP contribution in [-0.4, -0.2) is 42.6 Å². The summed E-state index contributed by atoms with van der Waals surface area (Å²) in [5.41, 5.74) is 6.14. The van der Waals surface area contributed by atoms with E-state index in [1.807, 2.05) is 13.8 Å². The number of nitrogens with zero attached hydrogens (tertiary/aromatic N) is 2. The molecule has 1 aromatic rings. The van der Waals surface area contributed by atoms with Crippen molar-refractivity contribution in [1.82, 2.24) is 9.88 Å². The molecule has 1 aliphatic heterocycles. The number of amides is 1. The maximum atomic E-state index is 12.0. The van der Waals surface area contributed by atoms with Crippen molar-refractivity contribution in [2.75, 3.05) is 19.8 Å². The summed E-state index contributed by atoms with van der Waals surface area (Å²) in [6, 6.07) is 1.64. The summed E-state index contributed by atoms with van der Waals surface area (Å²) < 4.78 is 11.3. The van der Waals surface area contributed by atoms with Gasteiger partial charge in [0.25, 0.3) is 5.91 Å². The highest BCUT2D eigenvalue weighted by molar-refractivity contribution is 6.62. The second-order valence-corrected chi connectivity index (χ2v) is 5.40. The molecule has 1 saturated heterocycles. The van der Waals surface area contributed by atoms with Crippen molar-refractivity contribution in [2.24, 2.45) is 0 Å². The van der Waals surface area contributed by atoms with Gasteiger partial charge < -0.3 is 19.9 Å². The molecular weight excluding hydrogens is 257 g/mol. The van der Waals surface area contributed by atoms with Gasteiger partial charge in [0.1, 0.15) is 11.4 Å². The van der Waals surface area contributed by atoms with Gasteiger partial charge in [0.15, 0.2) is 0 Å². The molecule has 2 N–H and O–H groups in total. The molecule has 0 atom stereocenters. The van der Waals surface area contributed by atoms with Crippen LogP contribution in [0.25, 0.3) is 0 Å². The number of anilines is 1. The molecule has 7 heteroatoms. The molecule has 0 bridgehead atoms. The topological polar surface area (TPSA) is 77.7 Å². The van der Waals surface area contributed by atoms with E-state index in [2.05, 4.69) is 11.6 Å². The highest BCUT2D eigenvalue weighted by Crippen LogP contribution is 2.29. The fourth-order valence-electron chi connectivity index (χ4n) is 1.80. The van der Waals surface area contributed by atoms with E-state index < -0.39 is 12.7 Å². The van der Waals surface area contributed by atoms with E-state index in [-0.39, 0.29) is 11.7 Å². The number of hydrogen-bond donors (Lipinski definition) is 1. The Morgan fingerprint density at radius 1 is 1.50 bits per heavy atom. The predicted molar refractivity (Wildman–Crippen MR) is 77.4 cm³/mol. The number of carbonyl (C=O) groups excluding carboxylic acids is 1. The Kier molecular flexibility index (Phi) is 3.47. The fraction of sp³-hybridized carbons (Fsp3) is 0.385. The molecule has 0 unspecified atom stereocenters. The first-order chi connectivity index (χ1) is 9.22. The molecule has 6 nitrogen and oxygen atoms in total. The van der Waals surface area contributed by atoms with E-state index in [1.165, 1.54) is 4.90 Å². The average Bonchev–Trinajstić information content (AvgIpc) is 2.63. The second-order valence-electron chi connectivity index (χ2n) is 5.40. The van der Waals surface area contributed by atoms with E-state index in [9.17, 15) is 4.79 Å². The zero-order valence-corrected chi connectivity index (χ0v) is 12.1. The Labute approximate surface area is 118 Å². The number of nitrogens with two attached hydrogens (primary N) is 1. The molecule has 2 heterocycles. The van der Waals surface area contributed by atoms with Crippen LogP contribution >= 0.6 is 0 Å². The summed E-state index contributed by atoms with van der Waals surface area (Å²) >= 11 is 0. The normalized spacial score (nSPS) is 17.0. The van der Waals surface area contributed by atoms with Crippen LogP contribution in [0.4, 0.5) is 5.82 Å². The van der Waals surface area contributed by atoms with Crippen molar-refractivity contribution >= 4 is 24.3 Å². The molecule has 1 fully saturated rings. The van der Waals surface area contributed by atoms with Gasteiger partial charge >= 0.3 is 7.12 Å². The van der Waals surface area contributed by atoms with Crippen LogP contribution in [0.1, 0.15) is 24.2 Å². The Morgan fingerprint density at radius 2 is 2.15 bits per heavy atom. The Hall–Kier alpha value is -2.02. The second kappa shape index (κ2) is 4.83.